The highest BCUT2D eigenvalue weighted by atomic mass is 35.5. The third-order valence-electron chi connectivity index (χ3n) is 2.25. The molecule has 0 saturated heterocycles. The third kappa shape index (κ3) is 1.33. The van der Waals surface area contributed by atoms with E-state index in [9.17, 15) is 0 Å². The Bertz CT molecular complexity index is 268. The maximum atomic E-state index is 5.79. The molecule has 4 heteroatoms. The van der Waals surface area contributed by atoms with Gasteiger partial charge >= 0.3 is 0 Å². The van der Waals surface area contributed by atoms with Gasteiger partial charge in [-0.15, -0.1) is 21.8 Å². The molecule has 1 atom stereocenters. The summed E-state index contributed by atoms with van der Waals surface area (Å²) in [6.07, 6.45) is 3.63. The maximum absolute atomic E-state index is 5.79. The van der Waals surface area contributed by atoms with Gasteiger partial charge in [0.05, 0.1) is 0 Å². The summed E-state index contributed by atoms with van der Waals surface area (Å²) >= 11 is 5.79. The van der Waals surface area contributed by atoms with Crippen molar-refractivity contribution in [3.05, 3.63) is 11.8 Å². The summed E-state index contributed by atoms with van der Waals surface area (Å²) in [4.78, 5) is 0. The first-order valence-corrected chi connectivity index (χ1v) is 4.68. The molecule has 1 aromatic heterocycles. The molecule has 1 aliphatic carbocycles. The topological polar surface area (TPSA) is 38.9 Å². The molecule has 0 radical (unpaired) electrons. The number of hydrogen-bond acceptors (Lipinski definition) is 3. The van der Waals surface area contributed by atoms with Crippen LogP contribution in [0, 0.1) is 0 Å². The average Bonchev–Trinajstić information content (AvgIpc) is 2.32. The summed E-state index contributed by atoms with van der Waals surface area (Å²) < 4.78 is 5.39. The lowest BCUT2D eigenvalue weighted by atomic mass is 9.85. The Hall–Kier alpha value is -0.570. The van der Waals surface area contributed by atoms with Crippen LogP contribution >= 0.6 is 11.6 Å². The van der Waals surface area contributed by atoms with Gasteiger partial charge < -0.3 is 4.42 Å². The number of aromatic nitrogens is 2. The molecule has 1 fully saturated rings. The molecule has 3 nitrogen and oxygen atoms in total. The van der Waals surface area contributed by atoms with E-state index >= 15 is 0 Å². The van der Waals surface area contributed by atoms with Gasteiger partial charge in [-0.25, -0.2) is 0 Å². The van der Waals surface area contributed by atoms with Gasteiger partial charge in [0.1, 0.15) is 5.38 Å². The molecule has 0 aromatic carbocycles. The van der Waals surface area contributed by atoms with Crippen LogP contribution < -0.4 is 0 Å². The summed E-state index contributed by atoms with van der Waals surface area (Å²) in [5.74, 6) is 1.81. The van der Waals surface area contributed by atoms with Gasteiger partial charge in [0.15, 0.2) is 0 Å². The molecular weight excluding hydrogens is 176 g/mol. The van der Waals surface area contributed by atoms with Gasteiger partial charge in [-0.05, 0) is 19.8 Å². The molecule has 2 rings (SSSR count). The predicted octanol–water partition coefficient (Wildman–Crippen LogP) is 2.64. The van der Waals surface area contributed by atoms with Crippen molar-refractivity contribution in [2.24, 2.45) is 0 Å². The van der Waals surface area contributed by atoms with E-state index < -0.39 is 0 Å². The molecule has 0 spiro atoms. The predicted molar refractivity (Wildman–Crippen MR) is 45.2 cm³/mol. The van der Waals surface area contributed by atoms with E-state index in [4.69, 9.17) is 16.0 Å². The van der Waals surface area contributed by atoms with Crippen molar-refractivity contribution in [1.82, 2.24) is 10.2 Å². The monoisotopic (exact) mass is 186 g/mol. The van der Waals surface area contributed by atoms with E-state index in [1.54, 1.807) is 0 Å². The smallest absolute Gasteiger partial charge is 0.234 e. The summed E-state index contributed by atoms with van der Waals surface area (Å²) in [6.45, 7) is 1.83. The minimum absolute atomic E-state index is 0.175. The highest BCUT2D eigenvalue weighted by Crippen LogP contribution is 2.36. The van der Waals surface area contributed by atoms with E-state index in [2.05, 4.69) is 10.2 Å². The standard InChI is InChI=1S/C8H11ClN2O/c1-5(9)7-10-11-8(12-7)6-3-2-4-6/h5-6H,2-4H2,1H3. The first-order chi connectivity index (χ1) is 5.77. The maximum Gasteiger partial charge on any atom is 0.234 e. The Labute approximate surface area is 76.1 Å². The van der Waals surface area contributed by atoms with Crippen LogP contribution in [0.5, 0.6) is 0 Å². The molecule has 0 N–H and O–H groups in total. The quantitative estimate of drug-likeness (QED) is 0.667. The first-order valence-electron chi connectivity index (χ1n) is 4.24. The van der Waals surface area contributed by atoms with E-state index in [-0.39, 0.29) is 5.38 Å². The van der Waals surface area contributed by atoms with Crippen molar-refractivity contribution in [3.8, 4) is 0 Å². The third-order valence-corrected chi connectivity index (χ3v) is 2.44. The van der Waals surface area contributed by atoms with E-state index in [0.29, 0.717) is 11.8 Å². The highest BCUT2D eigenvalue weighted by molar-refractivity contribution is 6.20. The number of alkyl halides is 1. The highest BCUT2D eigenvalue weighted by Gasteiger charge is 2.25. The van der Waals surface area contributed by atoms with Gasteiger partial charge in [0.25, 0.3) is 0 Å². The minimum atomic E-state index is -0.175. The van der Waals surface area contributed by atoms with Crippen molar-refractivity contribution in [2.75, 3.05) is 0 Å². The van der Waals surface area contributed by atoms with Gasteiger partial charge in [-0.1, -0.05) is 6.42 Å². The molecule has 66 valence electrons. The van der Waals surface area contributed by atoms with E-state index in [1.807, 2.05) is 6.92 Å². The minimum Gasteiger partial charge on any atom is -0.423 e. The van der Waals surface area contributed by atoms with Crippen LogP contribution in [-0.2, 0) is 0 Å². The number of hydrogen-bond donors (Lipinski definition) is 0. The summed E-state index contributed by atoms with van der Waals surface area (Å²) in [7, 11) is 0. The number of rotatable bonds is 2. The number of nitrogens with zero attached hydrogens (tertiary/aromatic N) is 2. The van der Waals surface area contributed by atoms with Crippen LogP contribution in [0.25, 0.3) is 0 Å². The second-order valence-corrected chi connectivity index (χ2v) is 3.88. The van der Waals surface area contributed by atoms with Crippen molar-refractivity contribution >= 4 is 11.6 Å². The molecule has 1 aliphatic rings. The largest absolute Gasteiger partial charge is 0.423 e. The van der Waals surface area contributed by atoms with E-state index in [0.717, 1.165) is 5.89 Å². The fourth-order valence-corrected chi connectivity index (χ4v) is 1.32. The van der Waals surface area contributed by atoms with Crippen LogP contribution in [0.2, 0.25) is 0 Å². The fraction of sp³-hybridized carbons (Fsp3) is 0.750. The van der Waals surface area contributed by atoms with Gasteiger partial charge in [0, 0.05) is 5.92 Å². The lowest BCUT2D eigenvalue weighted by Crippen LogP contribution is -2.08. The molecule has 12 heavy (non-hydrogen) atoms. The zero-order valence-electron chi connectivity index (χ0n) is 6.96. The van der Waals surface area contributed by atoms with E-state index in [1.165, 1.54) is 19.3 Å². The summed E-state index contributed by atoms with van der Waals surface area (Å²) in [6, 6.07) is 0. The molecule has 1 aromatic rings. The molecule has 0 amide bonds. The second kappa shape index (κ2) is 3.05. The Kier molecular flexibility index (Phi) is 2.05. The zero-order valence-corrected chi connectivity index (χ0v) is 7.71. The Morgan fingerprint density at radius 2 is 2.25 bits per heavy atom. The van der Waals surface area contributed by atoms with Crippen LogP contribution in [0.1, 0.15) is 49.3 Å². The van der Waals surface area contributed by atoms with Crippen LogP contribution in [-0.4, -0.2) is 10.2 Å². The van der Waals surface area contributed by atoms with Crippen LogP contribution in [0.15, 0.2) is 4.42 Å². The zero-order chi connectivity index (χ0) is 8.55. The second-order valence-electron chi connectivity index (χ2n) is 3.22. The molecule has 1 heterocycles. The molecule has 0 bridgehead atoms. The van der Waals surface area contributed by atoms with Gasteiger partial charge in [-0.3, -0.25) is 0 Å². The van der Waals surface area contributed by atoms with Crippen molar-refractivity contribution in [3.63, 3.8) is 0 Å². The van der Waals surface area contributed by atoms with Gasteiger partial charge in [0.2, 0.25) is 11.8 Å². The molecule has 1 saturated carbocycles. The first kappa shape index (κ1) is 8.05. The summed E-state index contributed by atoms with van der Waals surface area (Å²) in [5.41, 5.74) is 0. The van der Waals surface area contributed by atoms with Crippen molar-refractivity contribution in [2.45, 2.75) is 37.5 Å². The summed E-state index contributed by atoms with van der Waals surface area (Å²) in [5, 5.41) is 7.65. The average molecular weight is 187 g/mol. The Morgan fingerprint density at radius 3 is 2.67 bits per heavy atom. The Balaban J connectivity index is 2.12. The normalized spacial score (nSPS) is 20.5. The lowest BCUT2D eigenvalue weighted by molar-refractivity contribution is 0.325. The number of halogens is 1. The van der Waals surface area contributed by atoms with Crippen LogP contribution in [0.3, 0.4) is 0 Å². The van der Waals surface area contributed by atoms with Crippen molar-refractivity contribution < 1.29 is 4.42 Å². The lowest BCUT2D eigenvalue weighted by Gasteiger charge is -2.20. The fourth-order valence-electron chi connectivity index (χ4n) is 1.23. The molecule has 0 aliphatic heterocycles. The van der Waals surface area contributed by atoms with Crippen molar-refractivity contribution in [1.29, 1.82) is 0 Å². The molecular formula is C8H11ClN2O. The SMILES string of the molecule is CC(Cl)c1nnc(C2CCC2)o1. The molecule has 1 unspecified atom stereocenters. The Morgan fingerprint density at radius 1 is 1.50 bits per heavy atom. The van der Waals surface area contributed by atoms with Gasteiger partial charge in [-0.2, -0.15) is 0 Å². The van der Waals surface area contributed by atoms with Crippen LogP contribution in [0.4, 0.5) is 0 Å².